The Morgan fingerprint density at radius 1 is 1.33 bits per heavy atom. The van der Waals surface area contributed by atoms with Crippen LogP contribution in [0.15, 0.2) is 12.4 Å². The van der Waals surface area contributed by atoms with Gasteiger partial charge in [-0.1, -0.05) is 0 Å². The van der Waals surface area contributed by atoms with Gasteiger partial charge in [-0.2, -0.15) is 0 Å². The van der Waals surface area contributed by atoms with Crippen molar-refractivity contribution in [3.8, 4) is 0 Å². The zero-order valence-electron chi connectivity index (χ0n) is 7.65. The minimum atomic E-state index is 0.419. The number of anilines is 2. The molecule has 0 saturated carbocycles. The van der Waals surface area contributed by atoms with E-state index in [1.165, 1.54) is 0 Å². The summed E-state index contributed by atoms with van der Waals surface area (Å²) in [5.74, 6) is 1.30. The molecule has 0 bridgehead atoms. The van der Waals surface area contributed by atoms with Crippen molar-refractivity contribution in [2.45, 2.75) is 19.9 Å². The summed E-state index contributed by atoms with van der Waals surface area (Å²) >= 11 is 0. The summed E-state index contributed by atoms with van der Waals surface area (Å²) in [6.07, 6.45) is 3.24. The fourth-order valence-electron chi connectivity index (χ4n) is 0.778. The zero-order valence-corrected chi connectivity index (χ0v) is 7.65. The molecule has 4 heteroatoms. The van der Waals surface area contributed by atoms with Gasteiger partial charge in [0.05, 0.1) is 12.4 Å². The third-order valence-corrected chi connectivity index (χ3v) is 1.79. The third kappa shape index (κ3) is 1.84. The van der Waals surface area contributed by atoms with E-state index in [1.807, 2.05) is 11.9 Å². The first-order valence-corrected chi connectivity index (χ1v) is 3.91. The monoisotopic (exact) mass is 166 g/mol. The molecule has 0 aliphatic rings. The number of hydrogen-bond acceptors (Lipinski definition) is 4. The molecule has 1 aromatic heterocycles. The van der Waals surface area contributed by atoms with E-state index in [9.17, 15) is 0 Å². The van der Waals surface area contributed by atoms with Crippen LogP contribution in [0, 0.1) is 0 Å². The van der Waals surface area contributed by atoms with E-state index < -0.39 is 0 Å². The number of nitrogens with zero attached hydrogens (tertiary/aromatic N) is 3. The van der Waals surface area contributed by atoms with Crippen molar-refractivity contribution in [3.05, 3.63) is 12.4 Å². The predicted octanol–water partition coefficient (Wildman–Crippen LogP) is 0.903. The van der Waals surface area contributed by atoms with Crippen molar-refractivity contribution in [3.63, 3.8) is 0 Å². The molecule has 0 amide bonds. The molecule has 0 unspecified atom stereocenters. The van der Waals surface area contributed by atoms with Crippen LogP contribution in [0.5, 0.6) is 0 Å². The fourth-order valence-corrected chi connectivity index (χ4v) is 0.778. The van der Waals surface area contributed by atoms with Crippen molar-refractivity contribution >= 4 is 11.6 Å². The van der Waals surface area contributed by atoms with Crippen LogP contribution in [0.3, 0.4) is 0 Å². The Balaban J connectivity index is 2.82. The molecule has 1 aromatic rings. The highest BCUT2D eigenvalue weighted by molar-refractivity contribution is 5.38. The molecule has 66 valence electrons. The minimum absolute atomic E-state index is 0.419. The lowest BCUT2D eigenvalue weighted by molar-refractivity contribution is 0.741. The van der Waals surface area contributed by atoms with Gasteiger partial charge in [0.15, 0.2) is 0 Å². The van der Waals surface area contributed by atoms with Gasteiger partial charge in [0.2, 0.25) is 0 Å². The topological polar surface area (TPSA) is 55.0 Å². The first-order valence-electron chi connectivity index (χ1n) is 3.91. The number of nitrogens with two attached hydrogens (primary N) is 1. The maximum absolute atomic E-state index is 5.41. The van der Waals surface area contributed by atoms with E-state index in [4.69, 9.17) is 5.73 Å². The van der Waals surface area contributed by atoms with Gasteiger partial charge < -0.3 is 10.6 Å². The van der Waals surface area contributed by atoms with Gasteiger partial charge in [0.1, 0.15) is 11.6 Å². The third-order valence-electron chi connectivity index (χ3n) is 1.79. The number of rotatable bonds is 2. The van der Waals surface area contributed by atoms with Crippen LogP contribution in [-0.4, -0.2) is 23.1 Å². The summed E-state index contributed by atoms with van der Waals surface area (Å²) in [6, 6.07) is 0.419. The average molecular weight is 166 g/mol. The average Bonchev–Trinajstić information content (AvgIpc) is 2.04. The highest BCUT2D eigenvalue weighted by Crippen LogP contribution is 2.09. The molecule has 0 fully saturated rings. The van der Waals surface area contributed by atoms with Crippen molar-refractivity contribution in [1.29, 1.82) is 0 Å². The Hall–Kier alpha value is -1.32. The van der Waals surface area contributed by atoms with Crippen molar-refractivity contribution in [2.75, 3.05) is 17.7 Å². The Kier molecular flexibility index (Phi) is 2.47. The maximum Gasteiger partial charge on any atom is 0.147 e. The Labute approximate surface area is 72.4 Å². The van der Waals surface area contributed by atoms with E-state index in [-0.39, 0.29) is 0 Å². The zero-order chi connectivity index (χ0) is 9.14. The predicted molar refractivity (Wildman–Crippen MR) is 50.0 cm³/mol. The van der Waals surface area contributed by atoms with Crippen LogP contribution in [0.4, 0.5) is 11.6 Å². The summed E-state index contributed by atoms with van der Waals surface area (Å²) in [5, 5.41) is 0. The van der Waals surface area contributed by atoms with Crippen molar-refractivity contribution in [1.82, 2.24) is 9.97 Å². The van der Waals surface area contributed by atoms with Crippen LogP contribution < -0.4 is 10.6 Å². The summed E-state index contributed by atoms with van der Waals surface area (Å²) < 4.78 is 0. The Morgan fingerprint density at radius 3 is 2.42 bits per heavy atom. The van der Waals surface area contributed by atoms with Gasteiger partial charge in [-0.3, -0.25) is 0 Å². The second-order valence-corrected chi connectivity index (χ2v) is 3.00. The summed E-state index contributed by atoms with van der Waals surface area (Å²) in [4.78, 5) is 10.1. The normalized spacial score (nSPS) is 10.3. The van der Waals surface area contributed by atoms with Gasteiger partial charge in [-0.25, -0.2) is 9.97 Å². The van der Waals surface area contributed by atoms with Crippen LogP contribution in [-0.2, 0) is 0 Å². The second-order valence-electron chi connectivity index (χ2n) is 3.00. The summed E-state index contributed by atoms with van der Waals surface area (Å²) in [7, 11) is 1.98. The molecule has 12 heavy (non-hydrogen) atoms. The van der Waals surface area contributed by atoms with E-state index in [0.29, 0.717) is 11.9 Å². The SMILES string of the molecule is CC(C)N(C)c1cnc(N)cn1. The molecule has 1 heterocycles. The molecular formula is C8H14N4. The Bertz CT molecular complexity index is 242. The molecule has 0 atom stereocenters. The molecule has 4 nitrogen and oxygen atoms in total. The fraction of sp³-hybridized carbons (Fsp3) is 0.500. The maximum atomic E-state index is 5.41. The highest BCUT2D eigenvalue weighted by atomic mass is 15.2. The van der Waals surface area contributed by atoms with Gasteiger partial charge in [0.25, 0.3) is 0 Å². The van der Waals surface area contributed by atoms with Crippen molar-refractivity contribution in [2.24, 2.45) is 0 Å². The highest BCUT2D eigenvalue weighted by Gasteiger charge is 2.05. The van der Waals surface area contributed by atoms with Gasteiger partial charge in [-0.15, -0.1) is 0 Å². The quantitative estimate of drug-likeness (QED) is 0.709. The molecule has 0 aliphatic carbocycles. The smallest absolute Gasteiger partial charge is 0.147 e. The van der Waals surface area contributed by atoms with Crippen LogP contribution in [0.2, 0.25) is 0 Å². The van der Waals surface area contributed by atoms with Gasteiger partial charge in [-0.05, 0) is 13.8 Å². The molecule has 0 aliphatic heterocycles. The lowest BCUT2D eigenvalue weighted by Crippen LogP contribution is -2.26. The molecule has 0 radical (unpaired) electrons. The van der Waals surface area contributed by atoms with Gasteiger partial charge >= 0.3 is 0 Å². The first kappa shape index (κ1) is 8.77. The van der Waals surface area contributed by atoms with E-state index in [1.54, 1.807) is 12.4 Å². The molecule has 2 N–H and O–H groups in total. The van der Waals surface area contributed by atoms with Crippen LogP contribution in [0.25, 0.3) is 0 Å². The molecular weight excluding hydrogens is 152 g/mol. The lowest BCUT2D eigenvalue weighted by Gasteiger charge is -2.21. The second kappa shape index (κ2) is 3.38. The molecule has 0 aromatic carbocycles. The summed E-state index contributed by atoms with van der Waals surface area (Å²) in [6.45, 7) is 4.19. The van der Waals surface area contributed by atoms with Crippen LogP contribution >= 0.6 is 0 Å². The number of hydrogen-bond donors (Lipinski definition) is 1. The first-order chi connectivity index (χ1) is 5.61. The lowest BCUT2D eigenvalue weighted by atomic mass is 10.3. The van der Waals surface area contributed by atoms with E-state index in [0.717, 1.165) is 5.82 Å². The largest absolute Gasteiger partial charge is 0.382 e. The number of nitrogen functional groups attached to an aromatic ring is 1. The standard InChI is InChI=1S/C8H14N4/c1-6(2)12(3)8-5-10-7(9)4-11-8/h4-6H,1-3H3,(H2,9,10). The summed E-state index contributed by atoms with van der Waals surface area (Å²) in [5.41, 5.74) is 5.41. The van der Waals surface area contributed by atoms with Gasteiger partial charge in [0, 0.05) is 13.1 Å². The van der Waals surface area contributed by atoms with Crippen molar-refractivity contribution < 1.29 is 0 Å². The van der Waals surface area contributed by atoms with E-state index >= 15 is 0 Å². The van der Waals surface area contributed by atoms with Crippen LogP contribution in [0.1, 0.15) is 13.8 Å². The Morgan fingerprint density at radius 2 is 2.00 bits per heavy atom. The molecule has 1 rings (SSSR count). The number of aromatic nitrogens is 2. The minimum Gasteiger partial charge on any atom is -0.382 e. The molecule has 0 saturated heterocycles. The molecule has 0 spiro atoms. The van der Waals surface area contributed by atoms with E-state index in [2.05, 4.69) is 23.8 Å².